The lowest BCUT2D eigenvalue weighted by Crippen LogP contribution is -2.19. The Labute approximate surface area is 178 Å². The van der Waals surface area contributed by atoms with Crippen LogP contribution in [0.25, 0.3) is 26.2 Å². The van der Waals surface area contributed by atoms with Gasteiger partial charge in [-0.25, -0.2) is 4.98 Å². The lowest BCUT2D eigenvalue weighted by Gasteiger charge is -2.07. The van der Waals surface area contributed by atoms with Crippen molar-refractivity contribution in [3.8, 4) is 16.5 Å². The molecular formula is C21H14N4OS3. The molecule has 5 aromatic heterocycles. The Morgan fingerprint density at radius 3 is 2.93 bits per heavy atom. The number of nitrogens with zero attached hydrogens (tertiary/aromatic N) is 4. The molecule has 5 aromatic rings. The summed E-state index contributed by atoms with van der Waals surface area (Å²) in [4.78, 5) is 19.6. The van der Waals surface area contributed by atoms with Crippen molar-refractivity contribution in [2.45, 2.75) is 10.9 Å². The highest BCUT2D eigenvalue weighted by molar-refractivity contribution is 7.98. The van der Waals surface area contributed by atoms with Crippen LogP contribution in [0.1, 0.15) is 11.1 Å². The van der Waals surface area contributed by atoms with Crippen molar-refractivity contribution < 1.29 is 0 Å². The maximum atomic E-state index is 13.1. The molecule has 0 bridgehead atoms. The molecule has 5 rings (SSSR count). The van der Waals surface area contributed by atoms with Gasteiger partial charge in [0.25, 0.3) is 5.56 Å². The Morgan fingerprint density at radius 1 is 1.24 bits per heavy atom. The average Bonchev–Trinajstić information content (AvgIpc) is 3.47. The van der Waals surface area contributed by atoms with Crippen LogP contribution in [0, 0.1) is 11.3 Å². The Balaban J connectivity index is 1.53. The number of hydrogen-bond donors (Lipinski definition) is 0. The molecule has 0 aliphatic heterocycles. The quantitative estimate of drug-likeness (QED) is 0.290. The first-order valence-corrected chi connectivity index (χ1v) is 11.6. The monoisotopic (exact) mass is 434 g/mol. The van der Waals surface area contributed by atoms with Crippen molar-refractivity contribution in [3.63, 3.8) is 0 Å². The van der Waals surface area contributed by atoms with Gasteiger partial charge in [-0.15, -0.1) is 22.7 Å². The molecule has 0 saturated carbocycles. The van der Waals surface area contributed by atoms with E-state index in [2.05, 4.69) is 6.07 Å². The van der Waals surface area contributed by atoms with Gasteiger partial charge in [-0.1, -0.05) is 23.9 Å². The second-order valence-electron chi connectivity index (χ2n) is 6.49. The van der Waals surface area contributed by atoms with Gasteiger partial charge >= 0.3 is 0 Å². The second kappa shape index (κ2) is 7.19. The van der Waals surface area contributed by atoms with Crippen LogP contribution in [0.4, 0.5) is 0 Å². The van der Waals surface area contributed by atoms with E-state index in [1.165, 1.54) is 23.1 Å². The molecule has 0 radical (unpaired) electrons. The Kier molecular flexibility index (Phi) is 4.51. The number of thiophene rings is 2. The molecule has 0 spiro atoms. The molecule has 0 fully saturated rings. The fourth-order valence-electron chi connectivity index (χ4n) is 3.35. The SMILES string of the molecule is Cn1c(SCc2cn3ccccc3c2C#N)nc2scc(-c3cccs3)c2c1=O. The van der Waals surface area contributed by atoms with E-state index < -0.39 is 0 Å². The first-order chi connectivity index (χ1) is 14.2. The number of pyridine rings is 1. The molecule has 5 heterocycles. The van der Waals surface area contributed by atoms with Gasteiger partial charge in [-0.2, -0.15) is 5.26 Å². The fourth-order valence-corrected chi connectivity index (χ4v) is 6.10. The maximum Gasteiger partial charge on any atom is 0.263 e. The molecule has 8 heteroatoms. The fraction of sp³-hybridized carbons (Fsp3) is 0.0952. The van der Waals surface area contributed by atoms with E-state index in [9.17, 15) is 10.1 Å². The summed E-state index contributed by atoms with van der Waals surface area (Å²) in [5.41, 5.74) is 3.41. The van der Waals surface area contributed by atoms with Gasteiger partial charge in [0.05, 0.1) is 16.5 Å². The van der Waals surface area contributed by atoms with Gasteiger partial charge in [0, 0.05) is 41.0 Å². The molecule has 0 aliphatic carbocycles. The molecule has 0 unspecified atom stereocenters. The van der Waals surface area contributed by atoms with E-state index in [0.717, 1.165) is 26.4 Å². The number of nitriles is 1. The largest absolute Gasteiger partial charge is 0.322 e. The minimum atomic E-state index is -0.0373. The van der Waals surface area contributed by atoms with Crippen LogP contribution < -0.4 is 5.56 Å². The summed E-state index contributed by atoms with van der Waals surface area (Å²) in [6, 6.07) is 12.1. The number of rotatable bonds is 4. The van der Waals surface area contributed by atoms with Gasteiger partial charge in [0.1, 0.15) is 10.9 Å². The van der Waals surface area contributed by atoms with E-state index in [-0.39, 0.29) is 5.56 Å². The van der Waals surface area contributed by atoms with Gasteiger partial charge in [-0.3, -0.25) is 9.36 Å². The van der Waals surface area contributed by atoms with Crippen molar-refractivity contribution >= 4 is 50.2 Å². The predicted molar refractivity (Wildman–Crippen MR) is 120 cm³/mol. The lowest BCUT2D eigenvalue weighted by molar-refractivity contribution is 0.728. The molecule has 29 heavy (non-hydrogen) atoms. The van der Waals surface area contributed by atoms with Crippen LogP contribution in [0.15, 0.2) is 63.4 Å². The standard InChI is InChI=1S/C21H14N4OS3/c1-24-20(26)18-15(17-6-4-8-27-17)12-28-19(18)23-21(24)29-11-13-10-25-7-3-2-5-16(25)14(13)9-22/h2-8,10,12H,11H2,1H3. The number of thioether (sulfide) groups is 1. The summed E-state index contributed by atoms with van der Waals surface area (Å²) < 4.78 is 3.56. The Hall–Kier alpha value is -2.86. The van der Waals surface area contributed by atoms with Crippen LogP contribution >= 0.6 is 34.4 Å². The third-order valence-electron chi connectivity index (χ3n) is 4.79. The van der Waals surface area contributed by atoms with Crippen molar-refractivity contribution in [1.29, 1.82) is 5.26 Å². The topological polar surface area (TPSA) is 63.1 Å². The highest BCUT2D eigenvalue weighted by atomic mass is 32.2. The summed E-state index contributed by atoms with van der Waals surface area (Å²) in [6.45, 7) is 0. The van der Waals surface area contributed by atoms with E-state index >= 15 is 0 Å². The minimum absolute atomic E-state index is 0.0373. The number of fused-ring (bicyclic) bond motifs is 2. The highest BCUT2D eigenvalue weighted by Crippen LogP contribution is 2.35. The number of aromatic nitrogens is 3. The van der Waals surface area contributed by atoms with Gasteiger partial charge in [0.2, 0.25) is 0 Å². The molecular weight excluding hydrogens is 420 g/mol. The van der Waals surface area contributed by atoms with Crippen molar-refractivity contribution in [1.82, 2.24) is 14.0 Å². The summed E-state index contributed by atoms with van der Waals surface area (Å²) in [5, 5.41) is 14.9. The second-order valence-corrected chi connectivity index (χ2v) is 9.24. The minimum Gasteiger partial charge on any atom is -0.322 e. The lowest BCUT2D eigenvalue weighted by atomic mass is 10.2. The van der Waals surface area contributed by atoms with Crippen LogP contribution in [0.3, 0.4) is 0 Å². The summed E-state index contributed by atoms with van der Waals surface area (Å²) >= 11 is 4.59. The van der Waals surface area contributed by atoms with E-state index in [0.29, 0.717) is 21.9 Å². The van der Waals surface area contributed by atoms with E-state index in [1.807, 2.05) is 57.9 Å². The zero-order chi connectivity index (χ0) is 20.0. The van der Waals surface area contributed by atoms with Crippen LogP contribution in [-0.2, 0) is 12.8 Å². The zero-order valence-electron chi connectivity index (χ0n) is 15.3. The van der Waals surface area contributed by atoms with Crippen molar-refractivity contribution in [2.24, 2.45) is 7.05 Å². The number of hydrogen-bond acceptors (Lipinski definition) is 6. The van der Waals surface area contributed by atoms with Gasteiger partial charge in [-0.05, 0) is 29.1 Å². The third-order valence-corrected chi connectivity index (χ3v) is 7.65. The van der Waals surface area contributed by atoms with Crippen LogP contribution in [0.5, 0.6) is 0 Å². The normalized spacial score (nSPS) is 11.3. The van der Waals surface area contributed by atoms with Crippen LogP contribution in [-0.4, -0.2) is 14.0 Å². The first-order valence-electron chi connectivity index (χ1n) is 8.81. The predicted octanol–water partition coefficient (Wildman–Crippen LogP) is 5.14. The summed E-state index contributed by atoms with van der Waals surface area (Å²) in [5.74, 6) is 0.569. The molecule has 0 N–H and O–H groups in total. The van der Waals surface area contributed by atoms with Crippen LogP contribution in [0.2, 0.25) is 0 Å². The first kappa shape index (κ1) is 18.2. The van der Waals surface area contributed by atoms with E-state index in [4.69, 9.17) is 4.98 Å². The molecule has 0 aromatic carbocycles. The summed E-state index contributed by atoms with van der Waals surface area (Å²) in [7, 11) is 1.76. The highest BCUT2D eigenvalue weighted by Gasteiger charge is 2.17. The molecule has 0 aliphatic rings. The smallest absolute Gasteiger partial charge is 0.263 e. The Bertz CT molecular complexity index is 1450. The third kappa shape index (κ3) is 2.99. The zero-order valence-corrected chi connectivity index (χ0v) is 17.8. The molecule has 0 saturated heterocycles. The van der Waals surface area contributed by atoms with Gasteiger partial charge in [0.15, 0.2) is 5.16 Å². The average molecular weight is 435 g/mol. The van der Waals surface area contributed by atoms with Crippen molar-refractivity contribution in [2.75, 3.05) is 0 Å². The van der Waals surface area contributed by atoms with Gasteiger partial charge < -0.3 is 4.40 Å². The molecule has 0 amide bonds. The summed E-state index contributed by atoms with van der Waals surface area (Å²) in [6.07, 6.45) is 3.90. The maximum absolute atomic E-state index is 13.1. The Morgan fingerprint density at radius 2 is 2.14 bits per heavy atom. The molecule has 0 atom stereocenters. The van der Waals surface area contributed by atoms with E-state index in [1.54, 1.807) is 23.0 Å². The molecule has 142 valence electrons. The van der Waals surface area contributed by atoms with Crippen molar-refractivity contribution in [3.05, 3.63) is 75.0 Å². The molecule has 5 nitrogen and oxygen atoms in total.